The smallest absolute Gasteiger partial charge is 0.307 e. The van der Waals surface area contributed by atoms with Gasteiger partial charge in [-0.3, -0.25) is 14.4 Å². The van der Waals surface area contributed by atoms with Crippen molar-refractivity contribution >= 4 is 39.2 Å². The van der Waals surface area contributed by atoms with Crippen molar-refractivity contribution in [3.8, 4) is 0 Å². The Morgan fingerprint density at radius 1 is 1.35 bits per heavy atom. The summed E-state index contributed by atoms with van der Waals surface area (Å²) in [6.45, 7) is 3.46. The Morgan fingerprint density at radius 2 is 2.16 bits per heavy atom. The molecule has 164 valence electrons. The number of aromatic amines is 1. The highest BCUT2D eigenvalue weighted by molar-refractivity contribution is 7.18. The third-order valence-corrected chi connectivity index (χ3v) is 6.44. The monoisotopic (exact) mass is 444 g/mol. The van der Waals surface area contributed by atoms with E-state index in [1.165, 1.54) is 4.88 Å². The number of hydrogen-bond donors (Lipinski definition) is 2. The first-order valence-corrected chi connectivity index (χ1v) is 11.2. The fourth-order valence-electron chi connectivity index (χ4n) is 3.72. The summed E-state index contributed by atoms with van der Waals surface area (Å²) >= 11 is 1.57. The summed E-state index contributed by atoms with van der Waals surface area (Å²) in [5.41, 5.74) is 0.978. The second-order valence-electron chi connectivity index (χ2n) is 7.60. The maximum Gasteiger partial charge on any atom is 0.307 e. The molecule has 3 heterocycles. The van der Waals surface area contributed by atoms with Crippen molar-refractivity contribution < 1.29 is 18.8 Å². The fraction of sp³-hybridized carbons (Fsp3) is 0.476. The first kappa shape index (κ1) is 21.2. The summed E-state index contributed by atoms with van der Waals surface area (Å²) < 4.78 is 10.2. The van der Waals surface area contributed by atoms with Gasteiger partial charge in [-0.1, -0.05) is 12.1 Å². The van der Waals surface area contributed by atoms with Gasteiger partial charge >= 0.3 is 5.97 Å². The number of aryl methyl sites for hydroxylation is 4. The average molecular weight is 445 g/mol. The van der Waals surface area contributed by atoms with Crippen LogP contribution in [-0.2, 0) is 33.6 Å². The molecule has 1 aliphatic carbocycles. The van der Waals surface area contributed by atoms with Gasteiger partial charge in [-0.15, -0.1) is 11.3 Å². The molecular weight excluding hydrogens is 420 g/mol. The number of esters is 1. The van der Waals surface area contributed by atoms with Gasteiger partial charge in [0.05, 0.1) is 11.8 Å². The predicted molar refractivity (Wildman–Crippen MR) is 115 cm³/mol. The predicted octanol–water partition coefficient (Wildman–Crippen LogP) is 3.05. The van der Waals surface area contributed by atoms with Gasteiger partial charge in [0.1, 0.15) is 16.4 Å². The number of nitrogens with one attached hydrogen (secondary N) is 2. The summed E-state index contributed by atoms with van der Waals surface area (Å²) in [6.07, 6.45) is 3.75. The number of H-pyrrole nitrogens is 1. The topological polar surface area (TPSA) is 127 Å². The zero-order chi connectivity index (χ0) is 22.0. The van der Waals surface area contributed by atoms with Crippen molar-refractivity contribution in [1.29, 1.82) is 0 Å². The second kappa shape index (κ2) is 9.01. The molecule has 0 bridgehead atoms. The molecule has 0 saturated heterocycles. The van der Waals surface area contributed by atoms with Crippen molar-refractivity contribution in [2.45, 2.75) is 64.9 Å². The number of rotatable bonds is 7. The summed E-state index contributed by atoms with van der Waals surface area (Å²) in [7, 11) is 0. The van der Waals surface area contributed by atoms with Gasteiger partial charge in [-0.05, 0) is 44.6 Å². The van der Waals surface area contributed by atoms with Crippen LogP contribution in [0.1, 0.15) is 54.6 Å². The lowest BCUT2D eigenvalue weighted by atomic mass is 9.97. The summed E-state index contributed by atoms with van der Waals surface area (Å²) in [5.74, 6) is 0.271. The number of nitrogens with zero attached hydrogens (tertiary/aromatic N) is 2. The van der Waals surface area contributed by atoms with E-state index in [0.717, 1.165) is 36.1 Å². The van der Waals surface area contributed by atoms with Crippen LogP contribution in [-0.4, -0.2) is 33.1 Å². The largest absolute Gasteiger partial charge is 0.452 e. The number of fused-ring (bicyclic) bond motifs is 3. The quantitative estimate of drug-likeness (QED) is 0.536. The Hall–Kier alpha value is -3.01. The number of anilines is 1. The normalized spacial score (nSPS) is 14.3. The van der Waals surface area contributed by atoms with Crippen LogP contribution in [0, 0.1) is 6.92 Å². The van der Waals surface area contributed by atoms with Crippen molar-refractivity contribution in [3.63, 3.8) is 0 Å². The SMILES string of the molecule is CCC(OC(=O)CCc1nc2sc3c(c2c(=O)[nH]1)CCCC3)C(=O)Nc1cc(C)on1. The van der Waals surface area contributed by atoms with Gasteiger partial charge < -0.3 is 19.6 Å². The minimum absolute atomic E-state index is 0.00633. The molecule has 10 heteroatoms. The van der Waals surface area contributed by atoms with Gasteiger partial charge in [0, 0.05) is 17.4 Å². The minimum atomic E-state index is -0.942. The molecule has 3 aromatic heterocycles. The van der Waals surface area contributed by atoms with Gasteiger partial charge in [-0.25, -0.2) is 4.98 Å². The van der Waals surface area contributed by atoms with Crippen LogP contribution in [0.25, 0.3) is 10.2 Å². The van der Waals surface area contributed by atoms with Crippen molar-refractivity contribution in [3.05, 3.63) is 38.4 Å². The Balaban J connectivity index is 1.38. The molecule has 9 nitrogen and oxygen atoms in total. The molecule has 0 radical (unpaired) electrons. The Labute approximate surface area is 182 Å². The molecule has 1 amide bonds. The lowest BCUT2D eigenvalue weighted by molar-refractivity contribution is -0.154. The first-order valence-electron chi connectivity index (χ1n) is 10.4. The van der Waals surface area contributed by atoms with E-state index in [0.29, 0.717) is 23.4 Å². The summed E-state index contributed by atoms with van der Waals surface area (Å²) in [4.78, 5) is 46.6. The molecule has 4 rings (SSSR count). The standard InChI is InChI=1S/C21H24N4O5S/c1-3-13(19(27)23-16-10-11(2)30-25-16)29-17(26)9-8-15-22-20(28)18-12-6-4-5-7-14(12)31-21(18)24-15/h10,13H,3-9H2,1-2H3,(H,22,24,28)(H,23,25,27). The minimum Gasteiger partial charge on any atom is -0.452 e. The maximum atomic E-state index is 12.6. The number of carbonyl (C=O) groups excluding carboxylic acids is 2. The average Bonchev–Trinajstić information content (AvgIpc) is 3.33. The van der Waals surface area contributed by atoms with E-state index in [9.17, 15) is 14.4 Å². The molecule has 0 aromatic carbocycles. The molecule has 1 unspecified atom stereocenters. The van der Waals surface area contributed by atoms with Gasteiger partial charge in [0.15, 0.2) is 11.9 Å². The number of thiophene rings is 1. The van der Waals surface area contributed by atoms with Crippen LogP contribution in [0.3, 0.4) is 0 Å². The van der Waals surface area contributed by atoms with Crippen molar-refractivity contribution in [1.82, 2.24) is 15.1 Å². The number of hydrogen-bond acceptors (Lipinski definition) is 8. The van der Waals surface area contributed by atoms with E-state index in [2.05, 4.69) is 20.4 Å². The molecule has 0 saturated carbocycles. The molecule has 1 atom stereocenters. The lowest BCUT2D eigenvalue weighted by Gasteiger charge is -2.15. The zero-order valence-electron chi connectivity index (χ0n) is 17.4. The lowest BCUT2D eigenvalue weighted by Crippen LogP contribution is -2.32. The third kappa shape index (κ3) is 4.68. The Kier molecular flexibility index (Phi) is 6.17. The molecule has 0 fully saturated rings. The molecule has 0 aliphatic heterocycles. The first-order chi connectivity index (χ1) is 14.9. The van der Waals surface area contributed by atoms with Crippen LogP contribution in [0.15, 0.2) is 15.4 Å². The molecule has 1 aliphatic rings. The third-order valence-electron chi connectivity index (χ3n) is 5.26. The van der Waals surface area contributed by atoms with Crippen molar-refractivity contribution in [2.24, 2.45) is 0 Å². The molecule has 0 spiro atoms. The van der Waals surface area contributed by atoms with E-state index in [1.54, 1.807) is 31.3 Å². The Bertz CT molecular complexity index is 1180. The van der Waals surface area contributed by atoms with Gasteiger partial charge in [0.25, 0.3) is 11.5 Å². The van der Waals surface area contributed by atoms with E-state index in [-0.39, 0.29) is 24.2 Å². The van der Waals surface area contributed by atoms with E-state index in [1.807, 2.05) is 0 Å². The number of amides is 1. The van der Waals surface area contributed by atoms with E-state index < -0.39 is 18.0 Å². The zero-order valence-corrected chi connectivity index (χ0v) is 18.3. The molecule has 3 aromatic rings. The second-order valence-corrected chi connectivity index (χ2v) is 8.69. The van der Waals surface area contributed by atoms with Crippen LogP contribution < -0.4 is 10.9 Å². The van der Waals surface area contributed by atoms with Gasteiger partial charge in [-0.2, -0.15) is 0 Å². The fourth-order valence-corrected chi connectivity index (χ4v) is 5.00. The summed E-state index contributed by atoms with van der Waals surface area (Å²) in [6, 6.07) is 1.58. The highest BCUT2D eigenvalue weighted by Crippen LogP contribution is 2.33. The molecule has 2 N–H and O–H groups in total. The van der Waals surface area contributed by atoms with Crippen LogP contribution in [0.2, 0.25) is 0 Å². The van der Waals surface area contributed by atoms with Crippen LogP contribution >= 0.6 is 11.3 Å². The summed E-state index contributed by atoms with van der Waals surface area (Å²) in [5, 5.41) is 6.95. The highest BCUT2D eigenvalue weighted by Gasteiger charge is 2.23. The number of ether oxygens (including phenoxy) is 1. The van der Waals surface area contributed by atoms with Crippen LogP contribution in [0.5, 0.6) is 0 Å². The number of aromatic nitrogens is 3. The van der Waals surface area contributed by atoms with E-state index in [4.69, 9.17) is 9.26 Å². The van der Waals surface area contributed by atoms with E-state index >= 15 is 0 Å². The van der Waals surface area contributed by atoms with Gasteiger partial charge in [0.2, 0.25) is 0 Å². The van der Waals surface area contributed by atoms with Crippen molar-refractivity contribution in [2.75, 3.05) is 5.32 Å². The number of carbonyl (C=O) groups is 2. The Morgan fingerprint density at radius 3 is 2.90 bits per heavy atom. The van der Waals surface area contributed by atoms with Crippen LogP contribution in [0.4, 0.5) is 5.82 Å². The highest BCUT2D eigenvalue weighted by atomic mass is 32.1. The molecule has 31 heavy (non-hydrogen) atoms. The maximum absolute atomic E-state index is 12.6. The molecular formula is C21H24N4O5S.